The van der Waals surface area contributed by atoms with Crippen molar-refractivity contribution < 1.29 is 9.47 Å². The van der Waals surface area contributed by atoms with E-state index < -0.39 is 0 Å². The molecule has 0 unspecified atom stereocenters. The van der Waals surface area contributed by atoms with Gasteiger partial charge >= 0.3 is 0 Å². The van der Waals surface area contributed by atoms with Crippen LogP contribution in [0, 0.1) is 4.77 Å². The minimum Gasteiger partial charge on any atom is -0.496 e. The Labute approximate surface area is 171 Å². The molecule has 1 heterocycles. The molecule has 0 radical (unpaired) electrons. The summed E-state index contributed by atoms with van der Waals surface area (Å²) in [5, 5.41) is 11.6. The number of methoxy groups -OCH3 is 1. The van der Waals surface area contributed by atoms with E-state index in [-0.39, 0.29) is 6.10 Å². The number of aromatic nitrogens is 3. The fourth-order valence-corrected chi connectivity index (χ4v) is 3.05. The minimum atomic E-state index is 0.0862. The molecule has 0 saturated heterocycles. The molecular formula is C19H19BrN4O2S. The smallest absolute Gasteiger partial charge is 0.216 e. The fraction of sp³-hybridized carbons (Fsp3) is 0.211. The molecule has 1 N–H and O–H groups in total. The van der Waals surface area contributed by atoms with E-state index in [4.69, 9.17) is 21.7 Å². The van der Waals surface area contributed by atoms with E-state index >= 15 is 0 Å². The molecule has 0 spiro atoms. The lowest BCUT2D eigenvalue weighted by molar-refractivity contribution is 0.242. The molecule has 0 atom stereocenters. The Morgan fingerprint density at radius 1 is 1.26 bits per heavy atom. The topological polar surface area (TPSA) is 64.4 Å². The van der Waals surface area contributed by atoms with Gasteiger partial charge in [-0.15, -0.1) is 0 Å². The zero-order chi connectivity index (χ0) is 19.4. The maximum absolute atomic E-state index is 5.76. The summed E-state index contributed by atoms with van der Waals surface area (Å²) >= 11 is 8.80. The number of H-pyrrole nitrogens is 1. The predicted octanol–water partition coefficient (Wildman–Crippen LogP) is 5.05. The largest absolute Gasteiger partial charge is 0.496 e. The SMILES string of the molecule is COc1ccc(Br)cc1/C=N\n1c(-c2cccc(OC(C)C)c2)n[nH]c1=S. The third kappa shape index (κ3) is 4.64. The van der Waals surface area contributed by atoms with Crippen molar-refractivity contribution in [2.75, 3.05) is 7.11 Å². The number of rotatable bonds is 6. The first-order chi connectivity index (χ1) is 13.0. The van der Waals surface area contributed by atoms with Crippen LogP contribution >= 0.6 is 28.1 Å². The van der Waals surface area contributed by atoms with Gasteiger partial charge in [0.2, 0.25) is 4.77 Å². The van der Waals surface area contributed by atoms with Gasteiger partial charge in [0, 0.05) is 15.6 Å². The van der Waals surface area contributed by atoms with E-state index in [0.717, 1.165) is 21.3 Å². The summed E-state index contributed by atoms with van der Waals surface area (Å²) < 4.78 is 14.0. The van der Waals surface area contributed by atoms with Gasteiger partial charge in [-0.2, -0.15) is 14.9 Å². The molecule has 27 heavy (non-hydrogen) atoms. The molecule has 0 amide bonds. The molecule has 0 aliphatic rings. The standard InChI is InChI=1S/C19H19BrN4O2S/c1-12(2)26-16-6-4-5-13(10-16)18-22-23-19(27)24(18)21-11-14-9-15(20)7-8-17(14)25-3/h4-12H,1-3H3,(H,23,27)/b21-11-. The Kier molecular flexibility index (Phi) is 6.08. The second-order valence-corrected chi connectivity index (χ2v) is 7.29. The van der Waals surface area contributed by atoms with E-state index in [1.807, 2.05) is 56.3 Å². The minimum absolute atomic E-state index is 0.0862. The molecule has 3 aromatic rings. The molecular weight excluding hydrogens is 428 g/mol. The third-order valence-corrected chi connectivity index (χ3v) is 4.38. The summed E-state index contributed by atoms with van der Waals surface area (Å²) in [6.07, 6.45) is 1.77. The van der Waals surface area contributed by atoms with Gasteiger partial charge in [0.25, 0.3) is 0 Å². The maximum atomic E-state index is 5.76. The predicted molar refractivity (Wildman–Crippen MR) is 112 cm³/mol. The van der Waals surface area contributed by atoms with Crippen LogP contribution in [0.2, 0.25) is 0 Å². The van der Waals surface area contributed by atoms with E-state index in [9.17, 15) is 0 Å². The molecule has 1 aromatic heterocycles. The molecule has 2 aromatic carbocycles. The second-order valence-electron chi connectivity index (χ2n) is 5.99. The van der Waals surface area contributed by atoms with Gasteiger partial charge < -0.3 is 9.47 Å². The fourth-order valence-electron chi connectivity index (χ4n) is 2.49. The van der Waals surface area contributed by atoms with Gasteiger partial charge in [-0.05, 0) is 56.4 Å². The first-order valence-corrected chi connectivity index (χ1v) is 9.50. The number of nitrogens with zero attached hydrogens (tertiary/aromatic N) is 3. The molecule has 3 rings (SSSR count). The Morgan fingerprint density at radius 2 is 2.07 bits per heavy atom. The Bertz CT molecular complexity index is 1030. The first-order valence-electron chi connectivity index (χ1n) is 8.30. The monoisotopic (exact) mass is 446 g/mol. The van der Waals surface area contributed by atoms with E-state index in [1.165, 1.54) is 0 Å². The van der Waals surface area contributed by atoms with Crippen molar-refractivity contribution in [1.29, 1.82) is 0 Å². The van der Waals surface area contributed by atoms with Gasteiger partial charge in [0.05, 0.1) is 19.4 Å². The zero-order valence-corrected chi connectivity index (χ0v) is 17.5. The van der Waals surface area contributed by atoms with Crippen molar-refractivity contribution in [3.05, 3.63) is 57.3 Å². The lowest BCUT2D eigenvalue weighted by atomic mass is 10.2. The highest BCUT2D eigenvalue weighted by Crippen LogP contribution is 2.24. The van der Waals surface area contributed by atoms with Crippen LogP contribution in [0.3, 0.4) is 0 Å². The number of ether oxygens (including phenoxy) is 2. The Balaban J connectivity index is 1.99. The highest BCUT2D eigenvalue weighted by Gasteiger charge is 2.10. The Hall–Kier alpha value is -2.45. The molecule has 6 nitrogen and oxygen atoms in total. The number of benzene rings is 2. The molecule has 8 heteroatoms. The average Bonchev–Trinajstić information content (AvgIpc) is 3.00. The van der Waals surface area contributed by atoms with Crippen LogP contribution in [0.25, 0.3) is 11.4 Å². The van der Waals surface area contributed by atoms with Gasteiger partial charge in [0.1, 0.15) is 11.5 Å². The van der Waals surface area contributed by atoms with Crippen molar-refractivity contribution in [3.8, 4) is 22.9 Å². The van der Waals surface area contributed by atoms with E-state index in [1.54, 1.807) is 18.0 Å². The number of halogens is 1. The van der Waals surface area contributed by atoms with Gasteiger partial charge in [-0.25, -0.2) is 5.10 Å². The molecule has 0 aliphatic heterocycles. The number of nitrogens with one attached hydrogen (secondary N) is 1. The normalized spacial score (nSPS) is 11.3. The van der Waals surface area contributed by atoms with Crippen molar-refractivity contribution in [3.63, 3.8) is 0 Å². The van der Waals surface area contributed by atoms with Gasteiger partial charge in [-0.3, -0.25) is 0 Å². The maximum Gasteiger partial charge on any atom is 0.216 e. The summed E-state index contributed by atoms with van der Waals surface area (Å²) in [5.74, 6) is 2.07. The van der Waals surface area contributed by atoms with Crippen LogP contribution in [0.1, 0.15) is 19.4 Å². The second kappa shape index (κ2) is 8.49. The quantitative estimate of drug-likeness (QED) is 0.425. The molecule has 0 fully saturated rings. The molecule has 140 valence electrons. The first kappa shape index (κ1) is 19.3. The molecule has 0 aliphatic carbocycles. The van der Waals surface area contributed by atoms with Crippen LogP contribution in [0.4, 0.5) is 0 Å². The number of hydrogen-bond donors (Lipinski definition) is 1. The van der Waals surface area contributed by atoms with E-state index in [2.05, 4.69) is 31.2 Å². The molecule has 0 saturated carbocycles. The third-order valence-electron chi connectivity index (χ3n) is 3.62. The van der Waals surface area contributed by atoms with Crippen LogP contribution < -0.4 is 9.47 Å². The van der Waals surface area contributed by atoms with Crippen LogP contribution in [-0.2, 0) is 0 Å². The van der Waals surface area contributed by atoms with Crippen LogP contribution in [0.5, 0.6) is 11.5 Å². The zero-order valence-electron chi connectivity index (χ0n) is 15.1. The lowest BCUT2D eigenvalue weighted by Crippen LogP contribution is -2.05. The van der Waals surface area contributed by atoms with Gasteiger partial charge in [0.15, 0.2) is 5.82 Å². The van der Waals surface area contributed by atoms with Crippen LogP contribution in [-0.4, -0.2) is 34.3 Å². The van der Waals surface area contributed by atoms with Crippen molar-refractivity contribution >= 4 is 34.4 Å². The van der Waals surface area contributed by atoms with E-state index in [0.29, 0.717) is 16.3 Å². The highest BCUT2D eigenvalue weighted by atomic mass is 79.9. The van der Waals surface area contributed by atoms with Crippen molar-refractivity contribution in [2.45, 2.75) is 20.0 Å². The summed E-state index contributed by atoms with van der Waals surface area (Å²) in [5.41, 5.74) is 1.66. The lowest BCUT2D eigenvalue weighted by Gasteiger charge is -2.10. The number of hydrogen-bond acceptors (Lipinski definition) is 5. The highest BCUT2D eigenvalue weighted by molar-refractivity contribution is 9.10. The van der Waals surface area contributed by atoms with Gasteiger partial charge in [-0.1, -0.05) is 28.1 Å². The Morgan fingerprint density at radius 3 is 2.81 bits per heavy atom. The summed E-state index contributed by atoms with van der Waals surface area (Å²) in [7, 11) is 1.62. The molecule has 0 bridgehead atoms. The van der Waals surface area contributed by atoms with Crippen molar-refractivity contribution in [1.82, 2.24) is 14.9 Å². The van der Waals surface area contributed by atoms with Crippen molar-refractivity contribution in [2.24, 2.45) is 5.10 Å². The number of aromatic amines is 1. The average molecular weight is 447 g/mol. The summed E-state index contributed by atoms with van der Waals surface area (Å²) in [6.45, 7) is 3.97. The summed E-state index contributed by atoms with van der Waals surface area (Å²) in [4.78, 5) is 0. The van der Waals surface area contributed by atoms with Crippen LogP contribution in [0.15, 0.2) is 52.0 Å². The summed E-state index contributed by atoms with van der Waals surface area (Å²) in [6, 6.07) is 13.4.